The molecule has 4 aromatic rings. The standard InChI is InChI=1S/C27H26ClN3O2/c1-3-19-8-13-25-21(14-19)15-22(26(32)30-25)17-31(16-20-6-4-18(2)5-7-20)27(33)29-24-11-9-23(28)10-12-24/h4-15H,3,16-17H2,1-2H3,(H,29,33)(H,30,32). The molecule has 1 heterocycles. The third kappa shape index (κ3) is 5.62. The summed E-state index contributed by atoms with van der Waals surface area (Å²) >= 11 is 5.96. The van der Waals surface area contributed by atoms with E-state index < -0.39 is 0 Å². The van der Waals surface area contributed by atoms with Crippen LogP contribution in [0.5, 0.6) is 0 Å². The molecule has 0 aliphatic heterocycles. The molecule has 0 saturated carbocycles. The second kappa shape index (κ2) is 9.92. The molecule has 2 amide bonds. The van der Waals surface area contributed by atoms with Crippen LogP contribution in [-0.2, 0) is 19.5 Å². The van der Waals surface area contributed by atoms with Gasteiger partial charge < -0.3 is 15.2 Å². The van der Waals surface area contributed by atoms with E-state index in [0.29, 0.717) is 22.8 Å². The van der Waals surface area contributed by atoms with Gasteiger partial charge in [-0.25, -0.2) is 4.79 Å². The van der Waals surface area contributed by atoms with E-state index in [1.54, 1.807) is 29.2 Å². The number of rotatable bonds is 6. The first-order chi connectivity index (χ1) is 15.9. The van der Waals surface area contributed by atoms with E-state index in [0.717, 1.165) is 28.5 Å². The molecule has 0 fully saturated rings. The lowest BCUT2D eigenvalue weighted by Crippen LogP contribution is -2.35. The summed E-state index contributed by atoms with van der Waals surface area (Å²) in [5.74, 6) is 0. The van der Waals surface area contributed by atoms with Crippen molar-refractivity contribution < 1.29 is 4.79 Å². The number of hydrogen-bond acceptors (Lipinski definition) is 2. The lowest BCUT2D eigenvalue weighted by molar-refractivity contribution is 0.206. The molecule has 3 aromatic carbocycles. The Morgan fingerprint density at radius 1 is 0.939 bits per heavy atom. The van der Waals surface area contributed by atoms with Crippen LogP contribution in [0.2, 0.25) is 5.02 Å². The number of hydrogen-bond donors (Lipinski definition) is 2. The summed E-state index contributed by atoms with van der Waals surface area (Å²) in [5.41, 5.74) is 5.09. The first-order valence-corrected chi connectivity index (χ1v) is 11.3. The van der Waals surface area contributed by atoms with Crippen LogP contribution in [0, 0.1) is 6.92 Å². The van der Waals surface area contributed by atoms with Crippen molar-refractivity contribution in [2.24, 2.45) is 0 Å². The second-order valence-corrected chi connectivity index (χ2v) is 8.61. The number of nitrogens with zero attached hydrogens (tertiary/aromatic N) is 1. The summed E-state index contributed by atoms with van der Waals surface area (Å²) in [6, 6.07) is 22.6. The largest absolute Gasteiger partial charge is 0.322 e. The highest BCUT2D eigenvalue weighted by molar-refractivity contribution is 6.30. The fourth-order valence-electron chi connectivity index (χ4n) is 3.69. The van der Waals surface area contributed by atoms with Crippen molar-refractivity contribution in [1.29, 1.82) is 0 Å². The van der Waals surface area contributed by atoms with Crippen LogP contribution in [0.15, 0.2) is 77.6 Å². The number of carbonyl (C=O) groups is 1. The maximum atomic E-state index is 13.2. The molecule has 6 heteroatoms. The monoisotopic (exact) mass is 459 g/mol. The molecule has 5 nitrogen and oxygen atoms in total. The van der Waals surface area contributed by atoms with Gasteiger partial charge in [-0.1, -0.05) is 54.4 Å². The van der Waals surface area contributed by atoms with Crippen molar-refractivity contribution in [1.82, 2.24) is 9.88 Å². The molecule has 0 bridgehead atoms. The van der Waals surface area contributed by atoms with E-state index in [1.807, 2.05) is 49.4 Å². The third-order valence-corrected chi connectivity index (χ3v) is 5.88. The summed E-state index contributed by atoms with van der Waals surface area (Å²) in [5, 5.41) is 4.46. The Kier molecular flexibility index (Phi) is 6.80. The Morgan fingerprint density at radius 3 is 2.33 bits per heavy atom. The highest BCUT2D eigenvalue weighted by Crippen LogP contribution is 2.18. The van der Waals surface area contributed by atoms with Gasteiger partial charge in [-0.05, 0) is 72.3 Å². The fraction of sp³-hybridized carbons (Fsp3) is 0.185. The van der Waals surface area contributed by atoms with Gasteiger partial charge in [-0.3, -0.25) is 4.79 Å². The van der Waals surface area contributed by atoms with Crippen molar-refractivity contribution in [3.05, 3.63) is 110 Å². The number of pyridine rings is 1. The zero-order chi connectivity index (χ0) is 23.4. The first-order valence-electron chi connectivity index (χ1n) is 10.9. The number of halogens is 1. The zero-order valence-corrected chi connectivity index (χ0v) is 19.4. The van der Waals surface area contributed by atoms with Crippen molar-refractivity contribution in [2.45, 2.75) is 33.4 Å². The predicted octanol–water partition coefficient (Wildman–Crippen LogP) is 6.29. The van der Waals surface area contributed by atoms with Crippen molar-refractivity contribution >= 4 is 34.2 Å². The van der Waals surface area contributed by atoms with Gasteiger partial charge in [0.2, 0.25) is 0 Å². The molecule has 0 radical (unpaired) electrons. The molecule has 0 atom stereocenters. The number of H-pyrrole nitrogens is 1. The maximum Gasteiger partial charge on any atom is 0.322 e. The van der Waals surface area contributed by atoms with Gasteiger partial charge in [-0.15, -0.1) is 0 Å². The van der Waals surface area contributed by atoms with Gasteiger partial charge in [0.05, 0.1) is 6.54 Å². The van der Waals surface area contributed by atoms with Crippen LogP contribution in [0.1, 0.15) is 29.2 Å². The normalized spacial score (nSPS) is 10.9. The van der Waals surface area contributed by atoms with E-state index >= 15 is 0 Å². The number of anilines is 1. The van der Waals surface area contributed by atoms with Gasteiger partial charge >= 0.3 is 6.03 Å². The summed E-state index contributed by atoms with van der Waals surface area (Å²) in [7, 11) is 0. The highest BCUT2D eigenvalue weighted by atomic mass is 35.5. The summed E-state index contributed by atoms with van der Waals surface area (Å²) in [6.07, 6.45) is 0.910. The zero-order valence-electron chi connectivity index (χ0n) is 18.7. The Balaban J connectivity index is 1.65. The minimum atomic E-state index is -0.292. The number of fused-ring (bicyclic) bond motifs is 1. The first kappa shape index (κ1) is 22.6. The lowest BCUT2D eigenvalue weighted by Gasteiger charge is -2.23. The highest BCUT2D eigenvalue weighted by Gasteiger charge is 2.17. The number of amides is 2. The number of nitrogens with one attached hydrogen (secondary N) is 2. The van der Waals surface area contributed by atoms with Crippen molar-refractivity contribution in [2.75, 3.05) is 5.32 Å². The van der Waals surface area contributed by atoms with Gasteiger partial charge in [-0.2, -0.15) is 0 Å². The number of aromatic amines is 1. The third-order valence-electron chi connectivity index (χ3n) is 5.63. The molecular weight excluding hydrogens is 434 g/mol. The van der Waals surface area contributed by atoms with Crippen LogP contribution in [-0.4, -0.2) is 15.9 Å². The minimum absolute atomic E-state index is 0.176. The van der Waals surface area contributed by atoms with E-state index in [2.05, 4.69) is 23.3 Å². The minimum Gasteiger partial charge on any atom is -0.322 e. The SMILES string of the molecule is CCc1ccc2[nH]c(=O)c(CN(Cc3ccc(C)cc3)C(=O)Nc3ccc(Cl)cc3)cc2c1. The average molecular weight is 460 g/mol. The van der Waals surface area contributed by atoms with Crippen molar-refractivity contribution in [3.63, 3.8) is 0 Å². The fourth-order valence-corrected chi connectivity index (χ4v) is 3.82. The van der Waals surface area contributed by atoms with Crippen LogP contribution in [0.25, 0.3) is 10.9 Å². The number of carbonyl (C=O) groups excluding carboxylic acids is 1. The molecule has 0 saturated heterocycles. The number of benzene rings is 3. The summed E-state index contributed by atoms with van der Waals surface area (Å²) in [6.45, 7) is 4.66. The van der Waals surface area contributed by atoms with Crippen LogP contribution >= 0.6 is 11.6 Å². The summed E-state index contributed by atoms with van der Waals surface area (Å²) < 4.78 is 0. The molecule has 0 unspecified atom stereocenters. The van der Waals surface area contributed by atoms with Crippen molar-refractivity contribution in [3.8, 4) is 0 Å². The second-order valence-electron chi connectivity index (χ2n) is 8.18. The van der Waals surface area contributed by atoms with Crippen LogP contribution in [0.3, 0.4) is 0 Å². The van der Waals surface area contributed by atoms with E-state index in [-0.39, 0.29) is 18.1 Å². The smallest absolute Gasteiger partial charge is 0.322 e. The predicted molar refractivity (Wildman–Crippen MR) is 135 cm³/mol. The number of aromatic nitrogens is 1. The quantitative estimate of drug-likeness (QED) is 0.356. The Morgan fingerprint density at radius 2 is 1.64 bits per heavy atom. The van der Waals surface area contributed by atoms with Crippen LogP contribution < -0.4 is 10.9 Å². The molecule has 4 rings (SSSR count). The van der Waals surface area contributed by atoms with E-state index in [9.17, 15) is 9.59 Å². The Labute approximate surface area is 198 Å². The number of aryl methyl sites for hydroxylation is 2. The van der Waals surface area contributed by atoms with Crippen LogP contribution in [0.4, 0.5) is 10.5 Å². The Bertz CT molecular complexity index is 1330. The molecule has 33 heavy (non-hydrogen) atoms. The number of urea groups is 1. The molecule has 0 spiro atoms. The van der Waals surface area contributed by atoms with Gasteiger partial charge in [0.25, 0.3) is 5.56 Å². The molecule has 168 valence electrons. The van der Waals surface area contributed by atoms with E-state index in [1.165, 1.54) is 5.56 Å². The Hall–Kier alpha value is -3.57. The van der Waals surface area contributed by atoms with E-state index in [4.69, 9.17) is 11.6 Å². The molecule has 1 aromatic heterocycles. The maximum absolute atomic E-state index is 13.2. The average Bonchev–Trinajstić information content (AvgIpc) is 2.81. The molecule has 2 N–H and O–H groups in total. The molecule has 0 aliphatic rings. The van der Waals surface area contributed by atoms with Gasteiger partial charge in [0, 0.05) is 28.3 Å². The van der Waals surface area contributed by atoms with Gasteiger partial charge in [0.15, 0.2) is 0 Å². The summed E-state index contributed by atoms with van der Waals surface area (Å²) in [4.78, 5) is 30.6. The topological polar surface area (TPSA) is 65.2 Å². The molecular formula is C27H26ClN3O2. The molecule has 0 aliphatic carbocycles. The van der Waals surface area contributed by atoms with Gasteiger partial charge in [0.1, 0.15) is 0 Å². The lowest BCUT2D eigenvalue weighted by atomic mass is 10.1.